The lowest BCUT2D eigenvalue weighted by molar-refractivity contribution is -0.130. The molecule has 0 fully saturated rings. The SMILES string of the molecule is C=C(C)C(=O)Oc1c(C)c(C)c(-c2c(C)c(C)c(C)c(C)c2C)c(C)c1C. The van der Waals surface area contributed by atoms with Crippen molar-refractivity contribution in [3.8, 4) is 16.9 Å². The number of carbonyl (C=O) groups is 1. The van der Waals surface area contributed by atoms with Crippen molar-refractivity contribution in [2.45, 2.75) is 69.2 Å². The predicted molar refractivity (Wildman–Crippen MR) is 115 cm³/mol. The molecule has 0 aliphatic rings. The van der Waals surface area contributed by atoms with E-state index in [2.05, 4.69) is 55.0 Å². The van der Waals surface area contributed by atoms with Gasteiger partial charge in [0.05, 0.1) is 0 Å². The third kappa shape index (κ3) is 3.34. The van der Waals surface area contributed by atoms with Crippen molar-refractivity contribution < 1.29 is 9.53 Å². The van der Waals surface area contributed by atoms with Crippen LogP contribution in [0.2, 0.25) is 0 Å². The van der Waals surface area contributed by atoms with Crippen LogP contribution in [0.25, 0.3) is 11.1 Å². The molecule has 0 aliphatic carbocycles. The van der Waals surface area contributed by atoms with E-state index in [9.17, 15) is 4.79 Å². The van der Waals surface area contributed by atoms with E-state index >= 15 is 0 Å². The molecule has 27 heavy (non-hydrogen) atoms. The minimum atomic E-state index is -0.373. The highest BCUT2D eigenvalue weighted by atomic mass is 16.5. The van der Waals surface area contributed by atoms with Crippen LogP contribution >= 0.6 is 0 Å². The van der Waals surface area contributed by atoms with E-state index in [0.717, 1.165) is 22.3 Å². The average Bonchev–Trinajstić information content (AvgIpc) is 2.62. The van der Waals surface area contributed by atoms with Crippen molar-refractivity contribution in [2.75, 3.05) is 0 Å². The minimum absolute atomic E-state index is 0.373. The molecule has 0 amide bonds. The standard InChI is InChI=1S/C25H32O2/c1-12(2)25(26)27-24-20(10)18(8)23(19(9)21(24)11)22-16(6)14(4)13(3)15(5)17(22)7/h1H2,2-11H3. The van der Waals surface area contributed by atoms with Gasteiger partial charge < -0.3 is 4.74 Å². The van der Waals surface area contributed by atoms with Crippen molar-refractivity contribution in [2.24, 2.45) is 0 Å². The van der Waals surface area contributed by atoms with Crippen molar-refractivity contribution in [1.82, 2.24) is 0 Å². The number of hydrogen-bond donors (Lipinski definition) is 0. The Balaban J connectivity index is 2.87. The molecular weight excluding hydrogens is 332 g/mol. The molecular formula is C25H32O2. The topological polar surface area (TPSA) is 26.3 Å². The molecule has 0 radical (unpaired) electrons. The Labute approximate surface area is 164 Å². The maximum absolute atomic E-state index is 12.1. The minimum Gasteiger partial charge on any atom is -0.423 e. The van der Waals surface area contributed by atoms with Crippen LogP contribution in [0.5, 0.6) is 5.75 Å². The van der Waals surface area contributed by atoms with Crippen LogP contribution in [0, 0.1) is 62.3 Å². The van der Waals surface area contributed by atoms with Crippen LogP contribution in [0.4, 0.5) is 0 Å². The lowest BCUT2D eigenvalue weighted by Crippen LogP contribution is -2.12. The normalized spacial score (nSPS) is 10.9. The summed E-state index contributed by atoms with van der Waals surface area (Å²) >= 11 is 0. The zero-order chi connectivity index (χ0) is 20.8. The fourth-order valence-corrected chi connectivity index (χ4v) is 3.86. The number of rotatable bonds is 3. The van der Waals surface area contributed by atoms with E-state index in [1.165, 1.54) is 38.9 Å². The first kappa shape index (κ1) is 21.0. The summed E-state index contributed by atoms with van der Waals surface area (Å²) in [5, 5.41) is 0. The van der Waals surface area contributed by atoms with E-state index in [1.807, 2.05) is 13.8 Å². The van der Waals surface area contributed by atoms with Crippen molar-refractivity contribution in [1.29, 1.82) is 0 Å². The second-order valence-electron chi connectivity index (χ2n) is 7.87. The van der Waals surface area contributed by atoms with Gasteiger partial charge in [0.25, 0.3) is 0 Å². The fraction of sp³-hybridized carbons (Fsp3) is 0.400. The zero-order valence-electron chi connectivity index (χ0n) is 18.5. The molecule has 0 spiro atoms. The average molecular weight is 365 g/mol. The zero-order valence-corrected chi connectivity index (χ0v) is 18.5. The lowest BCUT2D eigenvalue weighted by Gasteiger charge is -2.25. The summed E-state index contributed by atoms with van der Waals surface area (Å²) in [7, 11) is 0. The van der Waals surface area contributed by atoms with Crippen LogP contribution in [0.1, 0.15) is 57.0 Å². The largest absolute Gasteiger partial charge is 0.423 e. The molecule has 2 aromatic carbocycles. The van der Waals surface area contributed by atoms with Gasteiger partial charge in [-0.1, -0.05) is 6.58 Å². The number of hydrogen-bond acceptors (Lipinski definition) is 2. The highest BCUT2D eigenvalue weighted by Gasteiger charge is 2.23. The molecule has 0 heterocycles. The van der Waals surface area contributed by atoms with Crippen LogP contribution in [-0.4, -0.2) is 5.97 Å². The number of ether oxygens (including phenoxy) is 1. The molecule has 0 aliphatic heterocycles. The first-order valence-electron chi connectivity index (χ1n) is 9.47. The summed E-state index contributed by atoms with van der Waals surface area (Å²) in [6, 6.07) is 0. The molecule has 0 saturated carbocycles. The quantitative estimate of drug-likeness (QED) is 0.348. The second-order valence-corrected chi connectivity index (χ2v) is 7.87. The van der Waals surface area contributed by atoms with Gasteiger partial charge in [0.2, 0.25) is 0 Å². The molecule has 0 aromatic heterocycles. The Morgan fingerprint density at radius 2 is 0.889 bits per heavy atom. The van der Waals surface area contributed by atoms with Gasteiger partial charge in [-0.2, -0.15) is 0 Å². The van der Waals surface area contributed by atoms with Gasteiger partial charge in [0, 0.05) is 5.57 Å². The van der Waals surface area contributed by atoms with E-state index in [0.29, 0.717) is 11.3 Å². The third-order valence-corrected chi connectivity index (χ3v) is 6.35. The Morgan fingerprint density at radius 1 is 0.593 bits per heavy atom. The van der Waals surface area contributed by atoms with Gasteiger partial charge in [0.1, 0.15) is 5.75 Å². The van der Waals surface area contributed by atoms with Crippen LogP contribution in [0.15, 0.2) is 12.2 Å². The van der Waals surface area contributed by atoms with Gasteiger partial charge in [-0.15, -0.1) is 0 Å². The number of carbonyl (C=O) groups excluding carboxylic acids is 1. The molecule has 144 valence electrons. The van der Waals surface area contributed by atoms with Crippen LogP contribution in [0.3, 0.4) is 0 Å². The Morgan fingerprint density at radius 3 is 1.22 bits per heavy atom. The summed E-state index contributed by atoms with van der Waals surface area (Å²) in [4.78, 5) is 12.1. The van der Waals surface area contributed by atoms with Crippen LogP contribution < -0.4 is 4.74 Å². The second kappa shape index (κ2) is 7.34. The van der Waals surface area contributed by atoms with Crippen molar-refractivity contribution in [3.63, 3.8) is 0 Å². The first-order chi connectivity index (χ1) is 12.4. The van der Waals surface area contributed by atoms with E-state index in [4.69, 9.17) is 4.74 Å². The molecule has 0 bridgehead atoms. The summed E-state index contributed by atoms with van der Waals surface area (Å²) in [6.07, 6.45) is 0. The van der Waals surface area contributed by atoms with Gasteiger partial charge in [-0.25, -0.2) is 4.79 Å². The molecule has 2 rings (SSSR count). The van der Waals surface area contributed by atoms with Crippen molar-refractivity contribution >= 4 is 5.97 Å². The first-order valence-corrected chi connectivity index (χ1v) is 9.47. The summed E-state index contributed by atoms with van der Waals surface area (Å²) < 4.78 is 5.68. The third-order valence-electron chi connectivity index (χ3n) is 6.35. The summed E-state index contributed by atoms with van der Waals surface area (Å²) in [5.41, 5.74) is 14.0. The monoisotopic (exact) mass is 364 g/mol. The smallest absolute Gasteiger partial charge is 0.338 e. The Hall–Kier alpha value is -2.35. The van der Waals surface area contributed by atoms with Gasteiger partial charge in [-0.3, -0.25) is 0 Å². The fourth-order valence-electron chi connectivity index (χ4n) is 3.86. The predicted octanol–water partition coefficient (Wildman–Crippen LogP) is 6.61. The van der Waals surface area contributed by atoms with Gasteiger partial charge >= 0.3 is 5.97 Å². The van der Waals surface area contributed by atoms with E-state index in [-0.39, 0.29) is 5.97 Å². The van der Waals surface area contributed by atoms with Gasteiger partial charge in [-0.05, 0) is 130 Å². The molecule has 2 nitrogen and oxygen atoms in total. The van der Waals surface area contributed by atoms with Gasteiger partial charge in [0.15, 0.2) is 0 Å². The molecule has 2 aromatic rings. The van der Waals surface area contributed by atoms with E-state index < -0.39 is 0 Å². The lowest BCUT2D eigenvalue weighted by atomic mass is 9.81. The molecule has 0 unspecified atom stereocenters. The molecule has 0 atom stereocenters. The summed E-state index contributed by atoms with van der Waals surface area (Å²) in [5.74, 6) is 0.291. The highest BCUT2D eigenvalue weighted by Crippen LogP contribution is 2.42. The number of benzene rings is 2. The maximum atomic E-state index is 12.1. The van der Waals surface area contributed by atoms with Crippen LogP contribution in [-0.2, 0) is 4.79 Å². The van der Waals surface area contributed by atoms with E-state index in [1.54, 1.807) is 6.92 Å². The highest BCUT2D eigenvalue weighted by molar-refractivity contribution is 5.90. The summed E-state index contributed by atoms with van der Waals surface area (Å²) in [6.45, 7) is 24.7. The number of esters is 1. The van der Waals surface area contributed by atoms with Crippen molar-refractivity contribution in [3.05, 3.63) is 62.2 Å². The Bertz CT molecular complexity index is 917. The molecule has 0 N–H and O–H groups in total. The maximum Gasteiger partial charge on any atom is 0.338 e. The molecule has 2 heteroatoms. The Kier molecular flexibility index (Phi) is 5.70. The molecule has 0 saturated heterocycles.